The number of rotatable bonds is 4. The van der Waals surface area contributed by atoms with Gasteiger partial charge in [-0.15, -0.1) is 0 Å². The third kappa shape index (κ3) is 3.42. The first-order valence-corrected chi connectivity index (χ1v) is 4.50. The van der Waals surface area contributed by atoms with E-state index >= 15 is 0 Å². The van der Waals surface area contributed by atoms with E-state index in [4.69, 9.17) is 0 Å². The second-order valence-corrected chi connectivity index (χ2v) is 2.84. The van der Waals surface area contributed by atoms with Gasteiger partial charge in [-0.2, -0.15) is 0 Å². The zero-order valence-corrected chi connectivity index (χ0v) is 8.77. The van der Waals surface area contributed by atoms with Crippen molar-refractivity contribution in [2.75, 3.05) is 14.2 Å². The molecule has 15 heavy (non-hydrogen) atoms. The summed E-state index contributed by atoms with van der Waals surface area (Å²) in [5, 5.41) is 3.80. The number of carbonyl (C=O) groups is 1. The number of nitrogens with zero attached hydrogens (tertiary/aromatic N) is 1. The minimum Gasteiger partial charge on any atom is -0.469 e. The first-order chi connectivity index (χ1) is 7.27. The highest BCUT2D eigenvalue weighted by Crippen LogP contribution is 2.05. The summed E-state index contributed by atoms with van der Waals surface area (Å²) in [4.78, 5) is 15.8. The fraction of sp³-hybridized carbons (Fsp3) is 0.273. The fourth-order valence-corrected chi connectivity index (χ4v) is 1.14. The van der Waals surface area contributed by atoms with Gasteiger partial charge in [0.05, 0.1) is 19.2 Å². The largest absolute Gasteiger partial charge is 0.469 e. The molecular formula is C11H13NO3. The first kappa shape index (κ1) is 11.2. The molecule has 0 atom stereocenters. The Kier molecular flexibility index (Phi) is 4.34. The third-order valence-corrected chi connectivity index (χ3v) is 1.85. The average molecular weight is 207 g/mol. The summed E-state index contributed by atoms with van der Waals surface area (Å²) >= 11 is 0. The maximum absolute atomic E-state index is 11.1. The van der Waals surface area contributed by atoms with Crippen LogP contribution in [-0.4, -0.2) is 25.9 Å². The van der Waals surface area contributed by atoms with Gasteiger partial charge in [-0.25, -0.2) is 0 Å². The van der Waals surface area contributed by atoms with Gasteiger partial charge >= 0.3 is 5.97 Å². The fourth-order valence-electron chi connectivity index (χ4n) is 1.14. The highest BCUT2D eigenvalue weighted by atomic mass is 16.6. The van der Waals surface area contributed by atoms with E-state index < -0.39 is 0 Å². The molecule has 0 saturated carbocycles. The van der Waals surface area contributed by atoms with E-state index in [1.54, 1.807) is 0 Å². The monoisotopic (exact) mass is 207 g/mol. The molecule has 0 aliphatic carbocycles. The third-order valence-electron chi connectivity index (χ3n) is 1.85. The number of oxime groups is 1. The van der Waals surface area contributed by atoms with E-state index in [1.165, 1.54) is 14.2 Å². The summed E-state index contributed by atoms with van der Waals surface area (Å²) in [7, 11) is 2.79. The van der Waals surface area contributed by atoms with E-state index in [0.29, 0.717) is 5.71 Å². The molecule has 1 aromatic rings. The first-order valence-electron chi connectivity index (χ1n) is 4.50. The molecule has 0 aromatic heterocycles. The maximum Gasteiger partial charge on any atom is 0.311 e. The second-order valence-electron chi connectivity index (χ2n) is 2.84. The number of hydrogen-bond acceptors (Lipinski definition) is 4. The number of methoxy groups -OCH3 is 1. The smallest absolute Gasteiger partial charge is 0.311 e. The molecule has 0 saturated heterocycles. The number of ether oxygens (including phenoxy) is 1. The van der Waals surface area contributed by atoms with Gasteiger partial charge in [0.1, 0.15) is 7.11 Å². The van der Waals surface area contributed by atoms with Crippen LogP contribution in [0.3, 0.4) is 0 Å². The molecule has 80 valence electrons. The zero-order valence-electron chi connectivity index (χ0n) is 8.77. The van der Waals surface area contributed by atoms with Gasteiger partial charge in [-0.1, -0.05) is 35.5 Å². The van der Waals surface area contributed by atoms with Crippen LogP contribution in [0.2, 0.25) is 0 Å². The lowest BCUT2D eigenvalue weighted by atomic mass is 10.1. The standard InChI is InChI=1S/C11H13NO3/c1-14-11(13)8-10(12-15-2)9-6-4-3-5-7-9/h3-7H,8H2,1-2H3/b12-10-. The SMILES string of the molecule is CO/N=C(/CC(=O)OC)c1ccccc1. The van der Waals surface area contributed by atoms with Crippen molar-refractivity contribution in [3.05, 3.63) is 35.9 Å². The minimum absolute atomic E-state index is 0.106. The average Bonchev–Trinajstić information content (AvgIpc) is 2.29. The Morgan fingerprint density at radius 1 is 1.27 bits per heavy atom. The Morgan fingerprint density at radius 2 is 1.93 bits per heavy atom. The van der Waals surface area contributed by atoms with E-state index in [2.05, 4.69) is 14.7 Å². The van der Waals surface area contributed by atoms with Crippen molar-refractivity contribution in [1.82, 2.24) is 0 Å². The topological polar surface area (TPSA) is 47.9 Å². The van der Waals surface area contributed by atoms with Crippen molar-refractivity contribution >= 4 is 11.7 Å². The van der Waals surface area contributed by atoms with Crippen molar-refractivity contribution < 1.29 is 14.4 Å². The lowest BCUT2D eigenvalue weighted by Crippen LogP contribution is -2.11. The quantitative estimate of drug-likeness (QED) is 0.428. The number of carbonyl (C=O) groups excluding carboxylic acids is 1. The summed E-state index contributed by atoms with van der Waals surface area (Å²) in [6, 6.07) is 9.36. The lowest BCUT2D eigenvalue weighted by Gasteiger charge is -2.04. The molecule has 0 amide bonds. The molecule has 1 aromatic carbocycles. The van der Waals surface area contributed by atoms with Crippen LogP contribution in [0.4, 0.5) is 0 Å². The lowest BCUT2D eigenvalue weighted by molar-refractivity contribution is -0.139. The molecule has 4 heteroatoms. The van der Waals surface area contributed by atoms with Gasteiger partial charge in [0.25, 0.3) is 0 Å². The Labute approximate surface area is 88.5 Å². The summed E-state index contributed by atoms with van der Waals surface area (Å²) < 4.78 is 4.57. The van der Waals surface area contributed by atoms with Crippen LogP contribution in [-0.2, 0) is 14.4 Å². The highest BCUT2D eigenvalue weighted by molar-refractivity contribution is 6.09. The number of esters is 1. The van der Waals surface area contributed by atoms with Gasteiger partial charge in [0, 0.05) is 0 Å². The van der Waals surface area contributed by atoms with Gasteiger partial charge < -0.3 is 9.57 Å². The molecule has 0 bridgehead atoms. The van der Waals surface area contributed by atoms with E-state index in [-0.39, 0.29) is 12.4 Å². The van der Waals surface area contributed by atoms with E-state index in [1.807, 2.05) is 30.3 Å². The van der Waals surface area contributed by atoms with E-state index in [9.17, 15) is 4.79 Å². The Hall–Kier alpha value is -1.84. The molecule has 0 heterocycles. The molecule has 0 spiro atoms. The van der Waals surface area contributed by atoms with Crippen molar-refractivity contribution in [2.24, 2.45) is 5.16 Å². The van der Waals surface area contributed by atoms with Crippen LogP contribution in [0, 0.1) is 0 Å². The summed E-state index contributed by atoms with van der Waals surface area (Å²) in [6.07, 6.45) is 0.106. The second kappa shape index (κ2) is 5.80. The van der Waals surface area contributed by atoms with Crippen LogP contribution in [0.1, 0.15) is 12.0 Å². The predicted molar refractivity (Wildman–Crippen MR) is 56.6 cm³/mol. The normalized spacial score (nSPS) is 10.9. The van der Waals surface area contributed by atoms with Gasteiger partial charge in [0.2, 0.25) is 0 Å². The highest BCUT2D eigenvalue weighted by Gasteiger charge is 2.10. The summed E-state index contributed by atoms with van der Waals surface area (Å²) in [5.74, 6) is -0.338. The van der Waals surface area contributed by atoms with Crippen LogP contribution in [0.5, 0.6) is 0 Å². The minimum atomic E-state index is -0.338. The van der Waals surface area contributed by atoms with Crippen molar-refractivity contribution in [2.45, 2.75) is 6.42 Å². The number of benzene rings is 1. The molecular weight excluding hydrogens is 194 g/mol. The Bertz CT molecular complexity index is 346. The van der Waals surface area contributed by atoms with Crippen LogP contribution in [0.15, 0.2) is 35.5 Å². The molecule has 0 aliphatic rings. The molecule has 0 unspecified atom stereocenters. The van der Waals surface area contributed by atoms with Crippen molar-refractivity contribution in [1.29, 1.82) is 0 Å². The van der Waals surface area contributed by atoms with Gasteiger partial charge in [0.15, 0.2) is 0 Å². The Balaban J connectivity index is 2.85. The molecule has 0 aliphatic heterocycles. The molecule has 0 fully saturated rings. The molecule has 4 nitrogen and oxygen atoms in total. The molecule has 0 radical (unpaired) electrons. The summed E-state index contributed by atoms with van der Waals surface area (Å²) in [6.45, 7) is 0. The van der Waals surface area contributed by atoms with Gasteiger partial charge in [-0.05, 0) is 5.56 Å². The van der Waals surface area contributed by atoms with Gasteiger partial charge in [-0.3, -0.25) is 4.79 Å². The van der Waals surface area contributed by atoms with Crippen molar-refractivity contribution in [3.8, 4) is 0 Å². The Morgan fingerprint density at radius 3 is 2.47 bits per heavy atom. The number of hydrogen-bond donors (Lipinski definition) is 0. The van der Waals surface area contributed by atoms with Crippen molar-refractivity contribution in [3.63, 3.8) is 0 Å². The molecule has 1 rings (SSSR count). The van der Waals surface area contributed by atoms with E-state index in [0.717, 1.165) is 5.56 Å². The predicted octanol–water partition coefficient (Wildman–Crippen LogP) is 1.60. The maximum atomic E-state index is 11.1. The zero-order chi connectivity index (χ0) is 11.1. The van der Waals surface area contributed by atoms with Crippen LogP contribution >= 0.6 is 0 Å². The van der Waals surface area contributed by atoms with Crippen LogP contribution in [0.25, 0.3) is 0 Å². The molecule has 0 N–H and O–H groups in total. The van der Waals surface area contributed by atoms with Crippen LogP contribution < -0.4 is 0 Å². The summed E-state index contributed by atoms with van der Waals surface area (Å²) in [5.41, 5.74) is 1.41.